The quantitative estimate of drug-likeness (QED) is 0.417. The smallest absolute Gasteiger partial charge is 0.248 e. The van der Waals surface area contributed by atoms with Crippen LogP contribution in [0.4, 0.5) is 5.69 Å². The second kappa shape index (κ2) is 8.94. The van der Waals surface area contributed by atoms with Crippen molar-refractivity contribution >= 4 is 52.5 Å². The lowest BCUT2D eigenvalue weighted by Gasteiger charge is -2.07. The molecule has 126 valence electrons. The highest BCUT2D eigenvalue weighted by Gasteiger charge is 2.07. The summed E-state index contributed by atoms with van der Waals surface area (Å²) in [5, 5.41) is 3.59. The topological polar surface area (TPSA) is 47.6 Å². The fraction of sp³-hybridized carbons (Fsp3) is 0.118. The molecule has 2 aromatic carbocycles. The highest BCUT2D eigenvalue weighted by molar-refractivity contribution is 6.44. The number of carbonyl (C=O) groups is 1. The van der Waals surface area contributed by atoms with Gasteiger partial charge >= 0.3 is 0 Å². The number of carbonyl (C=O) groups excluding carboxylic acids is 1. The number of anilines is 1. The molecule has 4 nitrogen and oxygen atoms in total. The van der Waals surface area contributed by atoms with E-state index in [9.17, 15) is 4.79 Å². The van der Waals surface area contributed by atoms with Gasteiger partial charge in [0.05, 0.1) is 20.8 Å². The second-order valence-corrected chi connectivity index (χ2v) is 5.91. The number of hydrogen-bond donors (Lipinski definition) is 1. The minimum absolute atomic E-state index is 0.183. The van der Waals surface area contributed by atoms with Gasteiger partial charge in [-0.2, -0.15) is 0 Å². The zero-order valence-electron chi connectivity index (χ0n) is 12.7. The van der Waals surface area contributed by atoms with Gasteiger partial charge in [0.1, 0.15) is 5.75 Å². The average Bonchev–Trinajstić information content (AvgIpc) is 2.57. The van der Waals surface area contributed by atoms with E-state index in [0.29, 0.717) is 26.5 Å². The van der Waals surface area contributed by atoms with E-state index in [1.54, 1.807) is 25.3 Å². The van der Waals surface area contributed by atoms with Crippen molar-refractivity contribution in [2.24, 2.45) is 0 Å². The second-order valence-electron chi connectivity index (χ2n) is 4.69. The van der Waals surface area contributed by atoms with Crippen LogP contribution >= 0.6 is 34.8 Å². The van der Waals surface area contributed by atoms with Gasteiger partial charge < -0.3 is 14.8 Å². The summed E-state index contributed by atoms with van der Waals surface area (Å²) >= 11 is 17.8. The van der Waals surface area contributed by atoms with E-state index in [0.717, 1.165) is 5.56 Å². The van der Waals surface area contributed by atoms with E-state index in [1.165, 1.54) is 18.2 Å². The lowest BCUT2D eigenvalue weighted by Crippen LogP contribution is -2.08. The Morgan fingerprint density at radius 1 is 1.08 bits per heavy atom. The van der Waals surface area contributed by atoms with Crippen LogP contribution in [0.1, 0.15) is 5.56 Å². The van der Waals surface area contributed by atoms with Crippen LogP contribution in [0.2, 0.25) is 15.1 Å². The van der Waals surface area contributed by atoms with Crippen molar-refractivity contribution in [3.05, 3.63) is 63.1 Å². The monoisotopic (exact) mass is 385 g/mol. The highest BCUT2D eigenvalue weighted by Crippen LogP contribution is 2.32. The fourth-order valence-electron chi connectivity index (χ4n) is 1.77. The molecule has 0 aliphatic rings. The molecule has 1 amide bonds. The van der Waals surface area contributed by atoms with Gasteiger partial charge in [0, 0.05) is 13.2 Å². The number of benzene rings is 2. The first-order valence-corrected chi connectivity index (χ1v) is 7.98. The van der Waals surface area contributed by atoms with Crippen LogP contribution in [0.5, 0.6) is 5.75 Å². The summed E-state index contributed by atoms with van der Waals surface area (Å²) in [5.74, 6) is 0.344. The number of rotatable bonds is 6. The van der Waals surface area contributed by atoms with Gasteiger partial charge in [-0.25, -0.2) is 0 Å². The summed E-state index contributed by atoms with van der Waals surface area (Å²) in [7, 11) is 1.55. The molecule has 0 bridgehead atoms. The number of amides is 1. The van der Waals surface area contributed by atoms with E-state index in [2.05, 4.69) is 5.32 Å². The van der Waals surface area contributed by atoms with Crippen LogP contribution in [0.15, 0.2) is 42.5 Å². The Morgan fingerprint density at radius 3 is 2.42 bits per heavy atom. The van der Waals surface area contributed by atoms with Gasteiger partial charge in [-0.05, 0) is 35.9 Å². The molecule has 0 saturated heterocycles. The Balaban J connectivity index is 1.99. The summed E-state index contributed by atoms with van der Waals surface area (Å²) in [6.45, 7) is 0.183. The predicted molar refractivity (Wildman–Crippen MR) is 98.1 cm³/mol. The number of ether oxygens (including phenoxy) is 2. The third-order valence-corrected chi connectivity index (χ3v) is 3.95. The van der Waals surface area contributed by atoms with Crippen molar-refractivity contribution < 1.29 is 14.3 Å². The van der Waals surface area contributed by atoms with E-state index in [-0.39, 0.29) is 12.7 Å². The number of nitrogens with one attached hydrogen (secondary N) is 1. The Bertz CT molecular complexity index is 745. The first-order valence-electron chi connectivity index (χ1n) is 6.85. The lowest BCUT2D eigenvalue weighted by molar-refractivity contribution is -0.111. The molecule has 0 saturated carbocycles. The molecule has 0 aromatic heterocycles. The predicted octanol–water partition coefficient (Wildman–Crippen LogP) is 5.28. The maximum atomic E-state index is 12.0. The maximum absolute atomic E-state index is 12.0. The van der Waals surface area contributed by atoms with Crippen molar-refractivity contribution in [1.29, 1.82) is 0 Å². The highest BCUT2D eigenvalue weighted by atomic mass is 35.5. The van der Waals surface area contributed by atoms with Crippen molar-refractivity contribution in [3.63, 3.8) is 0 Å². The van der Waals surface area contributed by atoms with Crippen molar-refractivity contribution in [3.8, 4) is 5.75 Å². The van der Waals surface area contributed by atoms with E-state index >= 15 is 0 Å². The molecular formula is C17H14Cl3NO3. The summed E-state index contributed by atoms with van der Waals surface area (Å²) in [4.78, 5) is 12.0. The molecule has 0 aliphatic heterocycles. The van der Waals surface area contributed by atoms with Crippen molar-refractivity contribution in [2.45, 2.75) is 0 Å². The van der Waals surface area contributed by atoms with Crippen LogP contribution in [0, 0.1) is 0 Å². The molecule has 0 atom stereocenters. The lowest BCUT2D eigenvalue weighted by atomic mass is 10.2. The standard InChI is InChI=1S/C17H14Cl3NO3/c1-23-10-24-12-5-2-11(3-6-12)4-7-17(22)21-16-9-14(19)13(18)8-15(16)20/h2-9H,10H2,1H3,(H,21,22)/b7-4+. The summed E-state index contributed by atoms with van der Waals surface area (Å²) in [6.07, 6.45) is 3.06. The van der Waals surface area contributed by atoms with Gasteiger partial charge in [-0.1, -0.05) is 46.9 Å². The zero-order chi connectivity index (χ0) is 17.5. The molecule has 2 rings (SSSR count). The van der Waals surface area contributed by atoms with Crippen molar-refractivity contribution in [1.82, 2.24) is 0 Å². The van der Waals surface area contributed by atoms with Crippen molar-refractivity contribution in [2.75, 3.05) is 19.2 Å². The third kappa shape index (κ3) is 5.42. The molecule has 0 unspecified atom stereocenters. The maximum Gasteiger partial charge on any atom is 0.248 e. The largest absolute Gasteiger partial charge is 0.468 e. The molecule has 0 spiro atoms. The Hall–Kier alpha value is -1.72. The Labute approximate surface area is 154 Å². The summed E-state index contributed by atoms with van der Waals surface area (Å²) in [5.41, 5.74) is 1.24. The van der Waals surface area contributed by atoms with Gasteiger partial charge in [0.15, 0.2) is 6.79 Å². The van der Waals surface area contributed by atoms with Crippen LogP contribution in [0.25, 0.3) is 6.08 Å². The first-order chi connectivity index (χ1) is 11.5. The van der Waals surface area contributed by atoms with Crippen LogP contribution in [0.3, 0.4) is 0 Å². The molecular weight excluding hydrogens is 373 g/mol. The molecule has 0 radical (unpaired) electrons. The minimum atomic E-state index is -0.338. The van der Waals surface area contributed by atoms with Crippen LogP contribution < -0.4 is 10.1 Å². The van der Waals surface area contributed by atoms with Gasteiger partial charge in [-0.15, -0.1) is 0 Å². The number of methoxy groups -OCH3 is 1. The SMILES string of the molecule is COCOc1ccc(/C=C/C(=O)Nc2cc(Cl)c(Cl)cc2Cl)cc1. The Morgan fingerprint density at radius 2 is 1.75 bits per heavy atom. The zero-order valence-corrected chi connectivity index (χ0v) is 15.0. The number of hydrogen-bond acceptors (Lipinski definition) is 3. The average molecular weight is 387 g/mol. The molecule has 0 aliphatic carbocycles. The molecule has 0 fully saturated rings. The minimum Gasteiger partial charge on any atom is -0.468 e. The van der Waals surface area contributed by atoms with Gasteiger partial charge in [-0.3, -0.25) is 4.79 Å². The summed E-state index contributed by atoms with van der Waals surface area (Å²) < 4.78 is 10.1. The first kappa shape index (κ1) is 18.6. The van der Waals surface area contributed by atoms with E-state index in [1.807, 2.05) is 12.1 Å². The van der Waals surface area contributed by atoms with Crippen LogP contribution in [-0.4, -0.2) is 19.8 Å². The van der Waals surface area contributed by atoms with Gasteiger partial charge in [0.25, 0.3) is 0 Å². The Kier molecular flexibility index (Phi) is 6.94. The molecule has 1 N–H and O–H groups in total. The molecule has 7 heteroatoms. The van der Waals surface area contributed by atoms with E-state index < -0.39 is 0 Å². The van der Waals surface area contributed by atoms with Gasteiger partial charge in [0.2, 0.25) is 5.91 Å². The number of halogens is 3. The van der Waals surface area contributed by atoms with E-state index in [4.69, 9.17) is 44.3 Å². The molecule has 2 aromatic rings. The third-order valence-electron chi connectivity index (χ3n) is 2.92. The fourth-order valence-corrected chi connectivity index (χ4v) is 2.36. The molecule has 24 heavy (non-hydrogen) atoms. The summed E-state index contributed by atoms with van der Waals surface area (Å²) in [6, 6.07) is 10.2. The normalized spacial score (nSPS) is 10.8. The molecule has 0 heterocycles. The van der Waals surface area contributed by atoms with Crippen LogP contribution in [-0.2, 0) is 9.53 Å².